The van der Waals surface area contributed by atoms with E-state index in [1.807, 2.05) is 18.2 Å². The molecule has 0 fully saturated rings. The number of hydrogen-bond donors (Lipinski definition) is 2. The Kier molecular flexibility index (Phi) is 4.52. The van der Waals surface area contributed by atoms with Crippen molar-refractivity contribution in [2.24, 2.45) is 0 Å². The molecule has 24 heavy (non-hydrogen) atoms. The third-order valence-electron chi connectivity index (χ3n) is 3.22. The first kappa shape index (κ1) is 16.1. The fraction of sp³-hybridized carbons (Fsp3) is 0.0588. The molecule has 0 saturated heterocycles. The Morgan fingerprint density at radius 1 is 1.00 bits per heavy atom. The van der Waals surface area contributed by atoms with Crippen molar-refractivity contribution in [3.63, 3.8) is 0 Å². The number of carbonyl (C=O) groups excluding carboxylic acids is 2. The van der Waals surface area contributed by atoms with Crippen molar-refractivity contribution in [3.8, 4) is 0 Å². The highest BCUT2D eigenvalue weighted by Crippen LogP contribution is 2.26. The van der Waals surface area contributed by atoms with Gasteiger partial charge in [0.05, 0.1) is 28.6 Å². The predicted molar refractivity (Wildman–Crippen MR) is 95.9 cm³/mol. The molecule has 0 bridgehead atoms. The second-order valence-corrected chi connectivity index (χ2v) is 5.98. The Balaban J connectivity index is 1.90. The van der Waals surface area contributed by atoms with Gasteiger partial charge >= 0.3 is 0 Å². The van der Waals surface area contributed by atoms with Crippen LogP contribution in [-0.4, -0.2) is 21.8 Å². The third kappa shape index (κ3) is 3.57. The minimum absolute atomic E-state index is 0.197. The van der Waals surface area contributed by atoms with Gasteiger partial charge in [0, 0.05) is 11.4 Å². The number of amides is 2. The van der Waals surface area contributed by atoms with Crippen LogP contribution in [0.3, 0.4) is 0 Å². The molecule has 0 aliphatic heterocycles. The van der Waals surface area contributed by atoms with Gasteiger partial charge in [0.1, 0.15) is 5.69 Å². The smallest absolute Gasteiger partial charge is 0.275 e. The molecule has 2 aromatic carbocycles. The number of nitrogens with one attached hydrogen (secondary N) is 2. The number of fused-ring (bicyclic) bond motifs is 1. The summed E-state index contributed by atoms with van der Waals surface area (Å²) in [5.41, 5.74) is 2.53. The van der Waals surface area contributed by atoms with Crippen LogP contribution in [0.5, 0.6) is 0 Å². The Hall–Kier alpha value is -2.80. The summed E-state index contributed by atoms with van der Waals surface area (Å²) in [6.07, 6.45) is 1.42. The molecule has 2 N–H and O–H groups in total. The number of anilines is 2. The van der Waals surface area contributed by atoms with Crippen molar-refractivity contribution in [1.29, 1.82) is 0 Å². The lowest BCUT2D eigenvalue weighted by Crippen LogP contribution is -2.16. The topological polar surface area (TPSA) is 84.0 Å². The second-order valence-electron chi connectivity index (χ2n) is 5.07. The van der Waals surface area contributed by atoms with Gasteiger partial charge in [-0.2, -0.15) is 0 Å². The maximum absolute atomic E-state index is 12.5. The van der Waals surface area contributed by atoms with E-state index in [4.69, 9.17) is 0 Å². The lowest BCUT2D eigenvalue weighted by atomic mass is 10.2. The number of hydrogen-bond acceptors (Lipinski definition) is 4. The van der Waals surface area contributed by atoms with Crippen molar-refractivity contribution >= 4 is 50.2 Å². The molecular weight excluding hydrogens is 372 g/mol. The molecule has 1 heterocycles. The normalized spacial score (nSPS) is 10.4. The van der Waals surface area contributed by atoms with Gasteiger partial charge in [-0.25, -0.2) is 4.98 Å². The summed E-state index contributed by atoms with van der Waals surface area (Å²) in [5.74, 6) is -0.628. The van der Waals surface area contributed by atoms with Crippen LogP contribution in [0.25, 0.3) is 11.0 Å². The van der Waals surface area contributed by atoms with Crippen molar-refractivity contribution in [1.82, 2.24) is 9.97 Å². The van der Waals surface area contributed by atoms with E-state index < -0.39 is 5.91 Å². The van der Waals surface area contributed by atoms with E-state index in [9.17, 15) is 9.59 Å². The van der Waals surface area contributed by atoms with Crippen LogP contribution in [0.2, 0.25) is 0 Å². The summed E-state index contributed by atoms with van der Waals surface area (Å²) in [7, 11) is 0. The van der Waals surface area contributed by atoms with Crippen molar-refractivity contribution < 1.29 is 9.59 Å². The Bertz CT molecular complexity index is 943. The molecule has 0 aliphatic carbocycles. The molecule has 0 unspecified atom stereocenters. The van der Waals surface area contributed by atoms with Crippen LogP contribution in [0.4, 0.5) is 11.4 Å². The molecule has 0 spiro atoms. The first-order chi connectivity index (χ1) is 11.5. The minimum Gasteiger partial charge on any atom is -0.325 e. The molecule has 7 heteroatoms. The lowest BCUT2D eigenvalue weighted by Gasteiger charge is -2.12. The van der Waals surface area contributed by atoms with Gasteiger partial charge in [-0.1, -0.05) is 28.1 Å². The summed E-state index contributed by atoms with van der Waals surface area (Å²) in [6, 6.07) is 12.5. The number of nitrogens with zero attached hydrogens (tertiary/aromatic N) is 2. The highest BCUT2D eigenvalue weighted by molar-refractivity contribution is 9.10. The van der Waals surface area contributed by atoms with Gasteiger partial charge < -0.3 is 10.6 Å². The summed E-state index contributed by atoms with van der Waals surface area (Å²) < 4.78 is 0.775. The maximum atomic E-state index is 12.5. The van der Waals surface area contributed by atoms with E-state index in [0.717, 1.165) is 9.99 Å². The first-order valence-electron chi connectivity index (χ1n) is 7.13. The zero-order chi connectivity index (χ0) is 17.1. The molecule has 0 atom stereocenters. The standard InChI is InChI=1S/C17H13BrN4O2/c1-10(23)20-14-7-6-11(18)8-15(14)22-17(24)16-9-19-12-4-2-3-5-13(12)21-16/h2-9H,1H3,(H,20,23)(H,22,24). The van der Waals surface area contributed by atoms with Gasteiger partial charge in [-0.3, -0.25) is 14.6 Å². The van der Waals surface area contributed by atoms with E-state index in [1.54, 1.807) is 24.3 Å². The zero-order valence-electron chi connectivity index (χ0n) is 12.7. The second kappa shape index (κ2) is 6.76. The SMILES string of the molecule is CC(=O)Nc1ccc(Br)cc1NC(=O)c1cnc2ccccc2n1. The molecule has 3 aromatic rings. The number of benzene rings is 2. The first-order valence-corrected chi connectivity index (χ1v) is 7.92. The number of carbonyl (C=O) groups is 2. The van der Waals surface area contributed by atoms with Crippen LogP contribution in [-0.2, 0) is 4.79 Å². The highest BCUT2D eigenvalue weighted by Gasteiger charge is 2.13. The largest absolute Gasteiger partial charge is 0.325 e. The molecular formula is C17H13BrN4O2. The van der Waals surface area contributed by atoms with E-state index in [0.29, 0.717) is 16.9 Å². The van der Waals surface area contributed by atoms with Gasteiger partial charge in [-0.05, 0) is 30.3 Å². The van der Waals surface area contributed by atoms with Gasteiger partial charge in [-0.15, -0.1) is 0 Å². The van der Waals surface area contributed by atoms with Gasteiger partial charge in [0.2, 0.25) is 5.91 Å². The van der Waals surface area contributed by atoms with Gasteiger partial charge in [0.15, 0.2) is 0 Å². The van der Waals surface area contributed by atoms with Crippen molar-refractivity contribution in [2.45, 2.75) is 6.92 Å². The van der Waals surface area contributed by atoms with E-state index >= 15 is 0 Å². The Morgan fingerprint density at radius 3 is 2.50 bits per heavy atom. The number of aromatic nitrogens is 2. The zero-order valence-corrected chi connectivity index (χ0v) is 14.3. The van der Waals surface area contributed by atoms with Crippen LogP contribution in [0.1, 0.15) is 17.4 Å². The maximum Gasteiger partial charge on any atom is 0.275 e. The number of halogens is 1. The quantitative estimate of drug-likeness (QED) is 0.722. The highest BCUT2D eigenvalue weighted by atomic mass is 79.9. The summed E-state index contributed by atoms with van der Waals surface area (Å²) in [6.45, 7) is 1.41. The van der Waals surface area contributed by atoms with Crippen LogP contribution in [0.15, 0.2) is 53.1 Å². The molecule has 0 saturated carbocycles. The Morgan fingerprint density at radius 2 is 1.75 bits per heavy atom. The van der Waals surface area contributed by atoms with E-state index in [2.05, 4.69) is 36.5 Å². The minimum atomic E-state index is -0.405. The average Bonchev–Trinajstić information content (AvgIpc) is 2.56. The van der Waals surface area contributed by atoms with Crippen LogP contribution < -0.4 is 10.6 Å². The van der Waals surface area contributed by atoms with E-state index in [-0.39, 0.29) is 11.6 Å². The summed E-state index contributed by atoms with van der Waals surface area (Å²) in [5, 5.41) is 5.43. The van der Waals surface area contributed by atoms with Crippen molar-refractivity contribution in [3.05, 3.63) is 58.8 Å². The van der Waals surface area contributed by atoms with E-state index in [1.165, 1.54) is 13.1 Å². The van der Waals surface area contributed by atoms with Crippen LogP contribution >= 0.6 is 15.9 Å². The number of para-hydroxylation sites is 2. The molecule has 120 valence electrons. The van der Waals surface area contributed by atoms with Crippen molar-refractivity contribution in [2.75, 3.05) is 10.6 Å². The fourth-order valence-corrected chi connectivity index (χ4v) is 2.53. The summed E-state index contributed by atoms with van der Waals surface area (Å²) in [4.78, 5) is 32.3. The molecule has 1 aromatic heterocycles. The number of rotatable bonds is 3. The monoisotopic (exact) mass is 384 g/mol. The average molecular weight is 385 g/mol. The molecule has 2 amide bonds. The predicted octanol–water partition coefficient (Wildman–Crippen LogP) is 3.60. The van der Waals surface area contributed by atoms with Crippen LogP contribution in [0, 0.1) is 0 Å². The molecule has 3 rings (SSSR count). The third-order valence-corrected chi connectivity index (χ3v) is 3.71. The molecule has 0 aliphatic rings. The summed E-state index contributed by atoms with van der Waals surface area (Å²) >= 11 is 3.35. The lowest BCUT2D eigenvalue weighted by molar-refractivity contribution is -0.114. The fourth-order valence-electron chi connectivity index (χ4n) is 2.17. The molecule has 0 radical (unpaired) electrons. The molecule has 6 nitrogen and oxygen atoms in total. The Labute approximate surface area is 146 Å². The van der Waals surface area contributed by atoms with Gasteiger partial charge in [0.25, 0.3) is 5.91 Å².